The summed E-state index contributed by atoms with van der Waals surface area (Å²) in [5, 5.41) is 10.8. The Hall–Kier alpha value is -2.74. The van der Waals surface area contributed by atoms with E-state index in [1.165, 1.54) is 11.1 Å². The van der Waals surface area contributed by atoms with Crippen LogP contribution in [-0.2, 0) is 5.41 Å². The van der Waals surface area contributed by atoms with E-state index in [0.717, 1.165) is 11.1 Å². The molecule has 0 heterocycles. The van der Waals surface area contributed by atoms with Crippen molar-refractivity contribution in [1.29, 1.82) is 0 Å². The molecule has 1 unspecified atom stereocenters. The fraction of sp³-hybridized carbons (Fsp3) is 0.182. The van der Waals surface area contributed by atoms with Crippen molar-refractivity contribution in [1.82, 2.24) is 0 Å². The zero-order valence-electron chi connectivity index (χ0n) is 14.3. The second-order valence-corrected chi connectivity index (χ2v) is 6.16. The van der Waals surface area contributed by atoms with Crippen molar-refractivity contribution in [3.63, 3.8) is 0 Å². The van der Waals surface area contributed by atoms with Gasteiger partial charge in [-0.25, -0.2) is 0 Å². The highest BCUT2D eigenvalue weighted by molar-refractivity contribution is 5.59. The summed E-state index contributed by atoms with van der Waals surface area (Å²) in [7, 11) is 1.58. The van der Waals surface area contributed by atoms with E-state index in [-0.39, 0.29) is 5.75 Å². The Morgan fingerprint density at radius 3 is 2.08 bits per heavy atom. The first-order valence-electron chi connectivity index (χ1n) is 8.07. The average molecular weight is 318 g/mol. The number of ether oxygens (including phenoxy) is 1. The Morgan fingerprint density at radius 2 is 1.42 bits per heavy atom. The predicted octanol–water partition coefficient (Wildman–Crippen LogP) is 5.06. The molecule has 0 saturated carbocycles. The number of rotatable bonds is 4. The highest BCUT2D eigenvalue weighted by Crippen LogP contribution is 2.46. The molecule has 0 aliphatic rings. The maximum absolute atomic E-state index is 10.8. The van der Waals surface area contributed by atoms with E-state index in [4.69, 9.17) is 4.74 Å². The van der Waals surface area contributed by atoms with Gasteiger partial charge in [0.25, 0.3) is 0 Å². The molecule has 3 aromatic carbocycles. The van der Waals surface area contributed by atoms with Gasteiger partial charge in [-0.15, -0.1) is 0 Å². The van der Waals surface area contributed by atoms with Crippen LogP contribution in [0.4, 0.5) is 0 Å². The van der Waals surface area contributed by atoms with Crippen LogP contribution in [0.2, 0.25) is 0 Å². The van der Waals surface area contributed by atoms with E-state index < -0.39 is 5.41 Å². The largest absolute Gasteiger partial charge is 0.504 e. The number of aryl methyl sites for hydroxylation is 1. The van der Waals surface area contributed by atoms with Gasteiger partial charge in [-0.1, -0.05) is 66.7 Å². The SMILES string of the molecule is COc1cccc(C(C)(c2ccccc2)c2ccccc2C)c1O. The van der Waals surface area contributed by atoms with Crippen molar-refractivity contribution in [2.75, 3.05) is 7.11 Å². The molecular weight excluding hydrogens is 296 g/mol. The first-order valence-corrected chi connectivity index (χ1v) is 8.07. The minimum Gasteiger partial charge on any atom is -0.504 e. The van der Waals surface area contributed by atoms with Crippen LogP contribution in [-0.4, -0.2) is 12.2 Å². The molecule has 0 aromatic heterocycles. The van der Waals surface area contributed by atoms with Gasteiger partial charge in [0.2, 0.25) is 0 Å². The minimum absolute atomic E-state index is 0.189. The number of aromatic hydroxyl groups is 1. The van der Waals surface area contributed by atoms with Crippen LogP contribution in [0.5, 0.6) is 11.5 Å². The third-order valence-corrected chi connectivity index (χ3v) is 4.79. The lowest BCUT2D eigenvalue weighted by molar-refractivity contribution is 0.367. The summed E-state index contributed by atoms with van der Waals surface area (Å²) in [4.78, 5) is 0. The number of methoxy groups -OCH3 is 1. The van der Waals surface area contributed by atoms with Crippen molar-refractivity contribution < 1.29 is 9.84 Å². The van der Waals surface area contributed by atoms with Gasteiger partial charge in [0.05, 0.1) is 7.11 Å². The summed E-state index contributed by atoms with van der Waals surface area (Å²) in [5.74, 6) is 0.679. The first kappa shape index (κ1) is 16.1. The number of hydrogen-bond donors (Lipinski definition) is 1. The van der Waals surface area contributed by atoms with Gasteiger partial charge in [-0.3, -0.25) is 0 Å². The molecule has 0 amide bonds. The van der Waals surface area contributed by atoms with Gasteiger partial charge < -0.3 is 9.84 Å². The molecule has 0 aliphatic heterocycles. The Labute approximate surface area is 143 Å². The van der Waals surface area contributed by atoms with Crippen LogP contribution in [0.1, 0.15) is 29.2 Å². The fourth-order valence-corrected chi connectivity index (χ4v) is 3.45. The molecule has 2 heteroatoms. The van der Waals surface area contributed by atoms with E-state index in [1.807, 2.05) is 42.5 Å². The Kier molecular flexibility index (Phi) is 4.30. The smallest absolute Gasteiger partial charge is 0.162 e. The lowest BCUT2D eigenvalue weighted by Crippen LogP contribution is -2.26. The molecule has 0 radical (unpaired) electrons. The van der Waals surface area contributed by atoms with Gasteiger partial charge in [-0.05, 0) is 36.6 Å². The third kappa shape index (κ3) is 2.54. The molecule has 0 aliphatic carbocycles. The zero-order valence-corrected chi connectivity index (χ0v) is 14.3. The topological polar surface area (TPSA) is 29.5 Å². The normalized spacial score (nSPS) is 13.3. The van der Waals surface area contributed by atoms with E-state index in [2.05, 4.69) is 38.1 Å². The maximum Gasteiger partial charge on any atom is 0.162 e. The number of phenolic OH excluding ortho intramolecular Hbond substituents is 1. The molecule has 3 aromatic rings. The molecule has 0 saturated heterocycles. The molecule has 0 bridgehead atoms. The van der Waals surface area contributed by atoms with Crippen LogP contribution in [0.3, 0.4) is 0 Å². The van der Waals surface area contributed by atoms with Crippen molar-refractivity contribution in [2.24, 2.45) is 0 Å². The standard InChI is InChI=1S/C22H22O2/c1-16-10-7-8-13-18(16)22(2,17-11-5-4-6-12-17)19-14-9-15-20(24-3)21(19)23/h4-15,23H,1-3H3. The van der Waals surface area contributed by atoms with Crippen molar-refractivity contribution in [3.8, 4) is 11.5 Å². The average Bonchev–Trinajstić information content (AvgIpc) is 2.62. The zero-order chi connectivity index (χ0) is 17.2. The molecule has 1 N–H and O–H groups in total. The Morgan fingerprint density at radius 1 is 0.792 bits per heavy atom. The van der Waals surface area contributed by atoms with Crippen LogP contribution >= 0.6 is 0 Å². The fourth-order valence-electron chi connectivity index (χ4n) is 3.45. The van der Waals surface area contributed by atoms with Gasteiger partial charge in [0.1, 0.15) is 0 Å². The van der Waals surface area contributed by atoms with Gasteiger partial charge >= 0.3 is 0 Å². The lowest BCUT2D eigenvalue weighted by atomic mass is 9.69. The molecule has 122 valence electrons. The van der Waals surface area contributed by atoms with E-state index in [0.29, 0.717) is 5.75 Å². The molecule has 2 nitrogen and oxygen atoms in total. The second-order valence-electron chi connectivity index (χ2n) is 6.16. The van der Waals surface area contributed by atoms with Gasteiger partial charge in [0, 0.05) is 11.0 Å². The third-order valence-electron chi connectivity index (χ3n) is 4.79. The molecule has 3 rings (SSSR count). The molecule has 0 fully saturated rings. The first-order chi connectivity index (χ1) is 11.6. The molecule has 1 atom stereocenters. The van der Waals surface area contributed by atoms with Crippen LogP contribution < -0.4 is 4.74 Å². The summed E-state index contributed by atoms with van der Waals surface area (Å²) in [6.45, 7) is 4.26. The quantitative estimate of drug-likeness (QED) is 0.681. The van der Waals surface area contributed by atoms with Crippen LogP contribution in [0, 0.1) is 6.92 Å². The Balaban J connectivity index is 2.35. The Bertz CT molecular complexity index is 840. The molecule has 24 heavy (non-hydrogen) atoms. The number of benzene rings is 3. The number of para-hydroxylation sites is 1. The van der Waals surface area contributed by atoms with Crippen molar-refractivity contribution in [2.45, 2.75) is 19.3 Å². The van der Waals surface area contributed by atoms with E-state index in [9.17, 15) is 5.11 Å². The van der Waals surface area contributed by atoms with Gasteiger partial charge in [0.15, 0.2) is 11.5 Å². The monoisotopic (exact) mass is 318 g/mol. The molecule has 0 spiro atoms. The summed E-state index contributed by atoms with van der Waals surface area (Å²) in [6.07, 6.45) is 0. The summed E-state index contributed by atoms with van der Waals surface area (Å²) < 4.78 is 5.33. The van der Waals surface area contributed by atoms with Crippen LogP contribution in [0.25, 0.3) is 0 Å². The van der Waals surface area contributed by atoms with E-state index in [1.54, 1.807) is 13.2 Å². The summed E-state index contributed by atoms with van der Waals surface area (Å²) in [6, 6.07) is 24.3. The van der Waals surface area contributed by atoms with Gasteiger partial charge in [-0.2, -0.15) is 0 Å². The summed E-state index contributed by atoms with van der Waals surface area (Å²) >= 11 is 0. The predicted molar refractivity (Wildman–Crippen MR) is 97.8 cm³/mol. The maximum atomic E-state index is 10.8. The minimum atomic E-state index is -0.481. The second kappa shape index (κ2) is 6.40. The highest BCUT2D eigenvalue weighted by Gasteiger charge is 2.35. The highest BCUT2D eigenvalue weighted by atomic mass is 16.5. The number of hydrogen-bond acceptors (Lipinski definition) is 2. The molecular formula is C22H22O2. The lowest BCUT2D eigenvalue weighted by Gasteiger charge is -2.34. The number of phenols is 1. The van der Waals surface area contributed by atoms with Crippen LogP contribution in [0.15, 0.2) is 72.8 Å². The van der Waals surface area contributed by atoms with Crippen molar-refractivity contribution >= 4 is 0 Å². The van der Waals surface area contributed by atoms with E-state index >= 15 is 0 Å². The van der Waals surface area contributed by atoms with Crippen molar-refractivity contribution in [3.05, 3.63) is 95.1 Å². The summed E-state index contributed by atoms with van der Waals surface area (Å²) in [5.41, 5.74) is 3.83.